The van der Waals surface area contributed by atoms with Crippen molar-refractivity contribution in [2.45, 2.75) is 57.9 Å². The second kappa shape index (κ2) is 7.52. The molecule has 4 rings (SSSR count). The van der Waals surface area contributed by atoms with Crippen LogP contribution in [0.25, 0.3) is 10.8 Å². The summed E-state index contributed by atoms with van der Waals surface area (Å²) in [5.41, 5.74) is 0.446. The van der Waals surface area contributed by atoms with E-state index < -0.39 is 30.4 Å². The summed E-state index contributed by atoms with van der Waals surface area (Å²) in [4.78, 5) is 14.4. The van der Waals surface area contributed by atoms with Crippen molar-refractivity contribution in [3.8, 4) is 0 Å². The average Bonchev–Trinajstić information content (AvgIpc) is 2.93. The van der Waals surface area contributed by atoms with Crippen LogP contribution >= 0.6 is 0 Å². The van der Waals surface area contributed by atoms with Gasteiger partial charge in [0, 0.05) is 18.7 Å². The Balaban J connectivity index is 1.56. The standard InChI is InChI=1S/C23H27BF3NO3/c1-21(2)22(3,4)31-24(30-21)19-7-5-6-15-14-16(8-9-18(15)19)20(29)28-12-10-17(11-13-28)23(25,26)27/h5-9,14,17H,10-13H2,1-4H3. The Morgan fingerprint density at radius 3 is 2.23 bits per heavy atom. The predicted molar refractivity (Wildman–Crippen MR) is 114 cm³/mol. The molecule has 2 saturated heterocycles. The van der Waals surface area contributed by atoms with E-state index in [9.17, 15) is 18.0 Å². The summed E-state index contributed by atoms with van der Waals surface area (Å²) in [5.74, 6) is -1.56. The van der Waals surface area contributed by atoms with Gasteiger partial charge < -0.3 is 14.2 Å². The highest BCUT2D eigenvalue weighted by Crippen LogP contribution is 2.37. The van der Waals surface area contributed by atoms with Gasteiger partial charge in [-0.2, -0.15) is 13.2 Å². The van der Waals surface area contributed by atoms with Crippen LogP contribution in [0, 0.1) is 5.92 Å². The maximum absolute atomic E-state index is 12.9. The number of hydrogen-bond acceptors (Lipinski definition) is 3. The topological polar surface area (TPSA) is 38.8 Å². The SMILES string of the molecule is CC1(C)OB(c2cccc3cc(C(=O)N4CCC(C(F)(F)F)CC4)ccc23)OC1(C)C. The molecule has 0 radical (unpaired) electrons. The van der Waals surface area contributed by atoms with Crippen molar-refractivity contribution >= 4 is 29.3 Å². The molecule has 0 N–H and O–H groups in total. The van der Waals surface area contributed by atoms with E-state index in [1.165, 1.54) is 4.90 Å². The predicted octanol–water partition coefficient (Wildman–Crippen LogP) is 4.55. The first-order valence-corrected chi connectivity index (χ1v) is 10.6. The molecule has 2 aromatic rings. The molecule has 2 heterocycles. The van der Waals surface area contributed by atoms with Gasteiger partial charge in [-0.25, -0.2) is 0 Å². The van der Waals surface area contributed by atoms with Crippen molar-refractivity contribution in [3.63, 3.8) is 0 Å². The third-order valence-electron chi connectivity index (χ3n) is 6.91. The van der Waals surface area contributed by atoms with Crippen LogP contribution in [0.2, 0.25) is 0 Å². The van der Waals surface area contributed by atoms with Crippen molar-refractivity contribution in [2.24, 2.45) is 5.92 Å². The van der Waals surface area contributed by atoms with Gasteiger partial charge in [0.1, 0.15) is 0 Å². The van der Waals surface area contributed by atoms with Crippen molar-refractivity contribution in [1.82, 2.24) is 4.90 Å². The number of nitrogens with zero attached hydrogens (tertiary/aromatic N) is 1. The van der Waals surface area contributed by atoms with Crippen LogP contribution in [0.4, 0.5) is 13.2 Å². The minimum absolute atomic E-state index is 0.0467. The van der Waals surface area contributed by atoms with Crippen LogP contribution in [0.5, 0.6) is 0 Å². The highest BCUT2D eigenvalue weighted by molar-refractivity contribution is 6.65. The van der Waals surface area contributed by atoms with Gasteiger partial charge in [-0.3, -0.25) is 4.79 Å². The van der Waals surface area contributed by atoms with E-state index in [0.29, 0.717) is 5.56 Å². The van der Waals surface area contributed by atoms with Gasteiger partial charge in [-0.1, -0.05) is 24.3 Å². The van der Waals surface area contributed by atoms with Gasteiger partial charge in [-0.05, 0) is 68.9 Å². The second-order valence-electron chi connectivity index (χ2n) is 9.48. The molecule has 2 fully saturated rings. The number of fused-ring (bicyclic) bond motifs is 1. The molecule has 2 aromatic carbocycles. The molecule has 0 aromatic heterocycles. The van der Waals surface area contributed by atoms with E-state index >= 15 is 0 Å². The highest BCUT2D eigenvalue weighted by atomic mass is 19.4. The number of likely N-dealkylation sites (tertiary alicyclic amines) is 1. The summed E-state index contributed by atoms with van der Waals surface area (Å²) in [6.07, 6.45) is -4.29. The summed E-state index contributed by atoms with van der Waals surface area (Å²) in [7, 11) is -0.517. The van der Waals surface area contributed by atoms with Gasteiger partial charge in [0.05, 0.1) is 17.1 Å². The lowest BCUT2D eigenvalue weighted by molar-refractivity contribution is -0.183. The number of amides is 1. The normalized spacial score (nSPS) is 21.6. The lowest BCUT2D eigenvalue weighted by Crippen LogP contribution is -2.42. The quantitative estimate of drug-likeness (QED) is 0.653. The first-order valence-electron chi connectivity index (χ1n) is 10.6. The molecule has 31 heavy (non-hydrogen) atoms. The molecule has 0 bridgehead atoms. The molecule has 166 valence electrons. The first-order chi connectivity index (χ1) is 14.4. The molecular weight excluding hydrogens is 406 g/mol. The maximum Gasteiger partial charge on any atom is 0.495 e. The Labute approximate surface area is 180 Å². The zero-order valence-electron chi connectivity index (χ0n) is 18.3. The molecule has 4 nitrogen and oxygen atoms in total. The summed E-state index contributed by atoms with van der Waals surface area (Å²) in [6, 6.07) is 11.2. The smallest absolute Gasteiger partial charge is 0.399 e. The fourth-order valence-corrected chi connectivity index (χ4v) is 4.21. The summed E-state index contributed by atoms with van der Waals surface area (Å²) >= 11 is 0. The number of benzene rings is 2. The third kappa shape index (κ3) is 4.07. The van der Waals surface area contributed by atoms with Crippen molar-refractivity contribution in [2.75, 3.05) is 13.1 Å². The number of carbonyl (C=O) groups is 1. The van der Waals surface area contributed by atoms with Crippen LogP contribution in [-0.4, -0.2) is 48.4 Å². The van der Waals surface area contributed by atoms with Gasteiger partial charge >= 0.3 is 13.3 Å². The number of halogens is 3. The third-order valence-corrected chi connectivity index (χ3v) is 6.91. The van der Waals surface area contributed by atoms with Crippen LogP contribution in [0.1, 0.15) is 50.9 Å². The van der Waals surface area contributed by atoms with Crippen LogP contribution in [-0.2, 0) is 9.31 Å². The van der Waals surface area contributed by atoms with Gasteiger partial charge in [0.25, 0.3) is 5.91 Å². The molecule has 0 spiro atoms. The zero-order valence-corrected chi connectivity index (χ0v) is 18.3. The van der Waals surface area contributed by atoms with Crippen LogP contribution in [0.3, 0.4) is 0 Å². The summed E-state index contributed by atoms with van der Waals surface area (Å²) in [5, 5.41) is 1.79. The number of hydrogen-bond donors (Lipinski definition) is 0. The van der Waals surface area contributed by atoms with Crippen molar-refractivity contribution < 1.29 is 27.3 Å². The molecular formula is C23H27BF3NO3. The summed E-state index contributed by atoms with van der Waals surface area (Å²) < 4.78 is 51.1. The van der Waals surface area contributed by atoms with E-state index in [1.54, 1.807) is 12.1 Å². The molecule has 8 heteroatoms. The van der Waals surface area contributed by atoms with Crippen molar-refractivity contribution in [1.29, 1.82) is 0 Å². The first kappa shape index (κ1) is 22.2. The Kier molecular flexibility index (Phi) is 5.37. The minimum atomic E-state index is -4.19. The molecule has 0 aliphatic carbocycles. The lowest BCUT2D eigenvalue weighted by Gasteiger charge is -2.33. The molecule has 2 aliphatic rings. The fourth-order valence-electron chi connectivity index (χ4n) is 4.21. The average molecular weight is 433 g/mol. The number of alkyl halides is 3. The second-order valence-corrected chi connectivity index (χ2v) is 9.48. The van der Waals surface area contributed by atoms with E-state index in [2.05, 4.69) is 0 Å². The Bertz CT molecular complexity index is 981. The Morgan fingerprint density at radius 1 is 1.03 bits per heavy atom. The number of piperidine rings is 1. The van der Waals surface area contributed by atoms with Gasteiger partial charge in [0.15, 0.2) is 0 Å². The fraction of sp³-hybridized carbons (Fsp3) is 0.522. The van der Waals surface area contributed by atoms with E-state index in [4.69, 9.17) is 9.31 Å². The van der Waals surface area contributed by atoms with Gasteiger partial charge in [0.2, 0.25) is 0 Å². The Morgan fingerprint density at radius 2 is 1.65 bits per heavy atom. The van der Waals surface area contributed by atoms with Crippen LogP contribution in [0.15, 0.2) is 36.4 Å². The lowest BCUT2D eigenvalue weighted by atomic mass is 9.76. The Hall–Kier alpha value is -2.06. The molecule has 0 atom stereocenters. The highest BCUT2D eigenvalue weighted by Gasteiger charge is 2.52. The summed E-state index contributed by atoms with van der Waals surface area (Å²) in [6.45, 7) is 8.23. The number of carbonyl (C=O) groups excluding carboxylic acids is 1. The largest absolute Gasteiger partial charge is 0.495 e. The molecule has 0 saturated carbocycles. The monoisotopic (exact) mass is 433 g/mol. The number of rotatable bonds is 2. The van der Waals surface area contributed by atoms with E-state index in [0.717, 1.165) is 16.2 Å². The molecule has 2 aliphatic heterocycles. The van der Waals surface area contributed by atoms with Gasteiger partial charge in [-0.15, -0.1) is 0 Å². The van der Waals surface area contributed by atoms with Crippen LogP contribution < -0.4 is 5.46 Å². The molecule has 1 amide bonds. The minimum Gasteiger partial charge on any atom is -0.399 e. The van der Waals surface area contributed by atoms with E-state index in [1.807, 2.05) is 52.0 Å². The van der Waals surface area contributed by atoms with Crippen molar-refractivity contribution in [3.05, 3.63) is 42.0 Å². The zero-order chi connectivity index (χ0) is 22.6. The molecule has 0 unspecified atom stereocenters. The maximum atomic E-state index is 12.9. The van der Waals surface area contributed by atoms with E-state index in [-0.39, 0.29) is 31.8 Å².